The second-order valence-electron chi connectivity index (χ2n) is 8.02. The lowest BCUT2D eigenvalue weighted by atomic mass is 9.92. The number of fused-ring (bicyclic) bond motifs is 1. The van der Waals surface area contributed by atoms with Crippen LogP contribution in [0.2, 0.25) is 0 Å². The molecule has 1 aliphatic carbocycles. The van der Waals surface area contributed by atoms with Gasteiger partial charge in [-0.15, -0.1) is 0 Å². The molecular formula is C25H25N3O2. The highest BCUT2D eigenvalue weighted by atomic mass is 16.5. The molecular weight excluding hydrogens is 374 g/mol. The number of aryl methyl sites for hydroxylation is 1. The molecule has 1 aliphatic heterocycles. The van der Waals surface area contributed by atoms with Gasteiger partial charge in [0, 0.05) is 23.5 Å². The summed E-state index contributed by atoms with van der Waals surface area (Å²) in [5, 5.41) is 0. The Hall–Kier alpha value is -3.34. The molecule has 152 valence electrons. The SMILES string of the molecule is COc1cc(N2Cc3ccc(C4=CCCCC4)cc3C2=O)ccc1-n1cnc(C)c1. The number of anilines is 1. The standard InChI is InChI=1S/C25H25N3O2/c1-17-14-27(16-26-17)23-11-10-21(13-24(23)30-2)28-15-20-9-8-19(12-22(20)25(28)29)18-6-4-3-5-7-18/h6,8-14,16H,3-5,7,15H2,1-2H3. The zero-order valence-corrected chi connectivity index (χ0v) is 17.4. The lowest BCUT2D eigenvalue weighted by molar-refractivity contribution is 0.0996. The lowest BCUT2D eigenvalue weighted by Crippen LogP contribution is -2.23. The van der Waals surface area contributed by atoms with Crippen LogP contribution in [0.4, 0.5) is 5.69 Å². The number of rotatable bonds is 4. The number of methoxy groups -OCH3 is 1. The molecule has 0 unspecified atom stereocenters. The predicted octanol–water partition coefficient (Wildman–Crippen LogP) is 5.31. The van der Waals surface area contributed by atoms with E-state index in [4.69, 9.17) is 4.74 Å². The Kier molecular flexibility index (Phi) is 4.66. The molecule has 5 nitrogen and oxygen atoms in total. The van der Waals surface area contributed by atoms with Gasteiger partial charge in [0.25, 0.3) is 5.91 Å². The summed E-state index contributed by atoms with van der Waals surface area (Å²) in [7, 11) is 1.65. The maximum Gasteiger partial charge on any atom is 0.258 e. The maximum absolute atomic E-state index is 13.2. The van der Waals surface area contributed by atoms with Gasteiger partial charge in [-0.3, -0.25) is 4.79 Å². The van der Waals surface area contributed by atoms with E-state index in [1.54, 1.807) is 13.4 Å². The Labute approximate surface area is 176 Å². The lowest BCUT2D eigenvalue weighted by Gasteiger charge is -2.18. The first-order valence-electron chi connectivity index (χ1n) is 10.5. The fourth-order valence-electron chi connectivity index (χ4n) is 4.41. The molecule has 0 fully saturated rings. The molecule has 0 bridgehead atoms. The molecule has 0 atom stereocenters. The number of carbonyl (C=O) groups is 1. The van der Waals surface area contributed by atoms with Crippen LogP contribution in [-0.2, 0) is 6.54 Å². The predicted molar refractivity (Wildman–Crippen MR) is 118 cm³/mol. The third kappa shape index (κ3) is 3.20. The number of benzene rings is 2. The summed E-state index contributed by atoms with van der Waals surface area (Å²) >= 11 is 0. The summed E-state index contributed by atoms with van der Waals surface area (Å²) in [5.74, 6) is 0.762. The van der Waals surface area contributed by atoms with E-state index in [1.165, 1.54) is 24.0 Å². The minimum atomic E-state index is 0.0523. The Balaban J connectivity index is 1.46. The molecule has 0 saturated heterocycles. The highest BCUT2D eigenvalue weighted by molar-refractivity contribution is 6.10. The largest absolute Gasteiger partial charge is 0.494 e. The van der Waals surface area contributed by atoms with Crippen molar-refractivity contribution in [2.75, 3.05) is 12.0 Å². The van der Waals surface area contributed by atoms with Crippen molar-refractivity contribution in [1.29, 1.82) is 0 Å². The van der Waals surface area contributed by atoms with Crippen LogP contribution in [-0.4, -0.2) is 22.6 Å². The van der Waals surface area contributed by atoms with Gasteiger partial charge in [0.15, 0.2) is 0 Å². The summed E-state index contributed by atoms with van der Waals surface area (Å²) in [4.78, 5) is 19.4. The quantitative estimate of drug-likeness (QED) is 0.597. The molecule has 5 rings (SSSR count). The van der Waals surface area contributed by atoms with E-state index in [1.807, 2.05) is 40.8 Å². The normalized spacial score (nSPS) is 15.9. The van der Waals surface area contributed by atoms with Crippen LogP contribution < -0.4 is 9.64 Å². The topological polar surface area (TPSA) is 47.4 Å². The number of nitrogens with zero attached hydrogens (tertiary/aromatic N) is 3. The van der Waals surface area contributed by atoms with Crippen molar-refractivity contribution in [3.63, 3.8) is 0 Å². The van der Waals surface area contributed by atoms with Gasteiger partial charge in [-0.1, -0.05) is 18.2 Å². The van der Waals surface area contributed by atoms with Crippen LogP contribution in [0.25, 0.3) is 11.3 Å². The molecule has 0 N–H and O–H groups in total. The van der Waals surface area contributed by atoms with Crippen LogP contribution in [0.1, 0.15) is 52.9 Å². The van der Waals surface area contributed by atoms with Gasteiger partial charge >= 0.3 is 0 Å². The molecule has 2 aromatic carbocycles. The van der Waals surface area contributed by atoms with Crippen molar-refractivity contribution < 1.29 is 9.53 Å². The molecule has 30 heavy (non-hydrogen) atoms. The summed E-state index contributed by atoms with van der Waals surface area (Å²) in [5.41, 5.74) is 7.13. The van der Waals surface area contributed by atoms with Gasteiger partial charge in [-0.25, -0.2) is 4.98 Å². The van der Waals surface area contributed by atoms with Crippen molar-refractivity contribution in [2.24, 2.45) is 0 Å². The average Bonchev–Trinajstić information content (AvgIpc) is 3.37. The second kappa shape index (κ2) is 7.48. The van der Waals surface area contributed by atoms with Crippen molar-refractivity contribution in [2.45, 2.75) is 39.2 Å². The van der Waals surface area contributed by atoms with Gasteiger partial charge in [0.1, 0.15) is 5.75 Å². The minimum Gasteiger partial charge on any atom is -0.494 e. The van der Waals surface area contributed by atoms with Gasteiger partial charge in [-0.05, 0) is 67.5 Å². The molecule has 0 saturated carbocycles. The van der Waals surface area contributed by atoms with Crippen molar-refractivity contribution in [3.8, 4) is 11.4 Å². The number of ether oxygens (including phenoxy) is 1. The van der Waals surface area contributed by atoms with E-state index in [9.17, 15) is 4.79 Å². The molecule has 0 radical (unpaired) electrons. The number of hydrogen-bond acceptors (Lipinski definition) is 3. The number of carbonyl (C=O) groups excluding carboxylic acids is 1. The van der Waals surface area contributed by atoms with Crippen LogP contribution in [0.5, 0.6) is 5.75 Å². The molecule has 1 aromatic heterocycles. The minimum absolute atomic E-state index is 0.0523. The Morgan fingerprint density at radius 2 is 2.00 bits per heavy atom. The van der Waals surface area contributed by atoms with Crippen LogP contribution in [0.15, 0.2) is 55.0 Å². The highest BCUT2D eigenvalue weighted by Crippen LogP contribution is 2.35. The van der Waals surface area contributed by atoms with Gasteiger partial charge in [0.05, 0.1) is 31.4 Å². The third-order valence-electron chi connectivity index (χ3n) is 6.04. The van der Waals surface area contributed by atoms with E-state index in [-0.39, 0.29) is 5.91 Å². The van der Waals surface area contributed by atoms with Crippen LogP contribution in [0.3, 0.4) is 0 Å². The highest BCUT2D eigenvalue weighted by Gasteiger charge is 2.29. The molecule has 2 aliphatic rings. The van der Waals surface area contributed by atoms with Crippen molar-refractivity contribution >= 4 is 17.2 Å². The fourth-order valence-corrected chi connectivity index (χ4v) is 4.41. The zero-order valence-electron chi connectivity index (χ0n) is 17.4. The zero-order chi connectivity index (χ0) is 20.7. The molecule has 3 aromatic rings. The Morgan fingerprint density at radius 1 is 1.10 bits per heavy atom. The maximum atomic E-state index is 13.2. The smallest absolute Gasteiger partial charge is 0.258 e. The summed E-state index contributed by atoms with van der Waals surface area (Å²) in [6.07, 6.45) is 10.8. The summed E-state index contributed by atoms with van der Waals surface area (Å²) in [6, 6.07) is 12.2. The Bertz CT molecular complexity index is 1160. The van der Waals surface area contributed by atoms with E-state index in [2.05, 4.69) is 29.3 Å². The second-order valence-corrected chi connectivity index (χ2v) is 8.02. The number of amides is 1. The third-order valence-corrected chi connectivity index (χ3v) is 6.04. The summed E-state index contributed by atoms with van der Waals surface area (Å²) in [6.45, 7) is 2.54. The van der Waals surface area contributed by atoms with Crippen LogP contribution in [0, 0.1) is 6.92 Å². The molecule has 0 spiro atoms. The fraction of sp³-hybridized carbons (Fsp3) is 0.280. The number of hydrogen-bond donors (Lipinski definition) is 0. The molecule has 1 amide bonds. The van der Waals surface area contributed by atoms with E-state index >= 15 is 0 Å². The van der Waals surface area contributed by atoms with E-state index in [0.717, 1.165) is 41.0 Å². The van der Waals surface area contributed by atoms with E-state index < -0.39 is 0 Å². The van der Waals surface area contributed by atoms with Gasteiger partial charge < -0.3 is 14.2 Å². The number of aromatic nitrogens is 2. The van der Waals surface area contributed by atoms with Gasteiger partial charge in [-0.2, -0.15) is 0 Å². The molecule has 2 heterocycles. The monoisotopic (exact) mass is 399 g/mol. The van der Waals surface area contributed by atoms with Crippen LogP contribution >= 0.6 is 0 Å². The Morgan fingerprint density at radius 3 is 2.73 bits per heavy atom. The van der Waals surface area contributed by atoms with Gasteiger partial charge in [0.2, 0.25) is 0 Å². The first kappa shape index (κ1) is 18.7. The number of imidazole rings is 1. The van der Waals surface area contributed by atoms with E-state index in [0.29, 0.717) is 12.3 Å². The van der Waals surface area contributed by atoms with Crippen molar-refractivity contribution in [3.05, 3.63) is 77.4 Å². The van der Waals surface area contributed by atoms with Crippen molar-refractivity contribution in [1.82, 2.24) is 9.55 Å². The number of allylic oxidation sites excluding steroid dienone is 2. The average molecular weight is 399 g/mol. The summed E-state index contributed by atoms with van der Waals surface area (Å²) < 4.78 is 7.56. The first-order valence-corrected chi connectivity index (χ1v) is 10.5. The first-order chi connectivity index (χ1) is 14.6. The molecule has 5 heteroatoms.